The van der Waals surface area contributed by atoms with Crippen LogP contribution in [0.4, 0.5) is 0 Å². The van der Waals surface area contributed by atoms with Gasteiger partial charge in [0, 0.05) is 42.8 Å². The van der Waals surface area contributed by atoms with Crippen molar-refractivity contribution in [3.8, 4) is 0 Å². The lowest BCUT2D eigenvalue weighted by Crippen LogP contribution is -2.46. The Morgan fingerprint density at radius 1 is 1.56 bits per heavy atom. The van der Waals surface area contributed by atoms with Crippen LogP contribution < -0.4 is 5.32 Å². The van der Waals surface area contributed by atoms with Gasteiger partial charge in [0.05, 0.1) is 11.6 Å². The smallest absolute Gasteiger partial charge is 0.0953 e. The summed E-state index contributed by atoms with van der Waals surface area (Å²) in [4.78, 5) is 5.63. The Bertz CT molecular complexity index is 347. The molecule has 1 aromatic rings. The van der Waals surface area contributed by atoms with Crippen LogP contribution in [0.5, 0.6) is 0 Å². The Kier molecular flexibility index (Phi) is 6.21. The SMILES string of the molecule is COCC(C)(CCO)NCc1cnc(C(C)C)s1. The molecule has 1 heterocycles. The molecule has 0 radical (unpaired) electrons. The van der Waals surface area contributed by atoms with Crippen LogP contribution in [0.15, 0.2) is 6.20 Å². The van der Waals surface area contributed by atoms with Crippen LogP contribution in [-0.4, -0.2) is 36.0 Å². The van der Waals surface area contributed by atoms with Crippen molar-refractivity contribution < 1.29 is 9.84 Å². The number of ether oxygens (including phenoxy) is 1. The molecule has 1 unspecified atom stereocenters. The number of methoxy groups -OCH3 is 1. The van der Waals surface area contributed by atoms with Gasteiger partial charge in [0.2, 0.25) is 0 Å². The summed E-state index contributed by atoms with van der Waals surface area (Å²) in [6.07, 6.45) is 2.61. The minimum absolute atomic E-state index is 0.160. The van der Waals surface area contributed by atoms with Gasteiger partial charge in [-0.15, -0.1) is 11.3 Å². The van der Waals surface area contributed by atoms with Gasteiger partial charge in [-0.3, -0.25) is 0 Å². The highest BCUT2D eigenvalue weighted by atomic mass is 32.1. The van der Waals surface area contributed by atoms with E-state index in [4.69, 9.17) is 9.84 Å². The second-order valence-corrected chi connectivity index (χ2v) is 6.29. The van der Waals surface area contributed by atoms with Crippen LogP contribution in [0.1, 0.15) is 43.0 Å². The van der Waals surface area contributed by atoms with Gasteiger partial charge in [-0.1, -0.05) is 13.8 Å². The molecule has 18 heavy (non-hydrogen) atoms. The number of nitrogens with zero attached hydrogens (tertiary/aromatic N) is 1. The monoisotopic (exact) mass is 272 g/mol. The molecular formula is C13H24N2O2S. The first kappa shape index (κ1) is 15.6. The third kappa shape index (κ3) is 4.65. The molecule has 0 fully saturated rings. The maximum absolute atomic E-state index is 9.10. The fourth-order valence-electron chi connectivity index (χ4n) is 1.75. The Morgan fingerprint density at radius 2 is 2.28 bits per heavy atom. The van der Waals surface area contributed by atoms with Crippen molar-refractivity contribution in [1.82, 2.24) is 10.3 Å². The molecule has 1 rings (SSSR count). The Balaban J connectivity index is 2.55. The van der Waals surface area contributed by atoms with E-state index in [2.05, 4.69) is 31.1 Å². The number of aromatic nitrogens is 1. The zero-order valence-electron chi connectivity index (χ0n) is 11.7. The molecule has 0 spiro atoms. The van der Waals surface area contributed by atoms with Crippen LogP contribution in [-0.2, 0) is 11.3 Å². The van der Waals surface area contributed by atoms with E-state index < -0.39 is 0 Å². The zero-order chi connectivity index (χ0) is 13.6. The van der Waals surface area contributed by atoms with Crippen LogP contribution >= 0.6 is 11.3 Å². The average Bonchev–Trinajstić information content (AvgIpc) is 2.76. The minimum Gasteiger partial charge on any atom is -0.396 e. The molecule has 1 aromatic heterocycles. The maximum atomic E-state index is 9.10. The molecule has 0 saturated heterocycles. The molecule has 2 N–H and O–H groups in total. The van der Waals surface area contributed by atoms with Gasteiger partial charge in [-0.05, 0) is 13.3 Å². The van der Waals surface area contributed by atoms with Crippen LogP contribution in [0.3, 0.4) is 0 Å². The lowest BCUT2D eigenvalue weighted by molar-refractivity contribution is 0.0971. The zero-order valence-corrected chi connectivity index (χ0v) is 12.5. The highest BCUT2D eigenvalue weighted by molar-refractivity contribution is 7.11. The summed E-state index contributed by atoms with van der Waals surface area (Å²) in [7, 11) is 1.68. The van der Waals surface area contributed by atoms with Gasteiger partial charge >= 0.3 is 0 Å². The molecule has 0 aliphatic heterocycles. The molecular weight excluding hydrogens is 248 g/mol. The lowest BCUT2D eigenvalue weighted by atomic mass is 9.99. The summed E-state index contributed by atoms with van der Waals surface area (Å²) < 4.78 is 5.21. The summed E-state index contributed by atoms with van der Waals surface area (Å²) in [5.41, 5.74) is -0.189. The summed E-state index contributed by atoms with van der Waals surface area (Å²) in [5, 5.41) is 13.7. The summed E-state index contributed by atoms with van der Waals surface area (Å²) in [6, 6.07) is 0. The Morgan fingerprint density at radius 3 is 2.78 bits per heavy atom. The van der Waals surface area contributed by atoms with E-state index in [9.17, 15) is 0 Å². The van der Waals surface area contributed by atoms with Crippen molar-refractivity contribution in [3.63, 3.8) is 0 Å². The summed E-state index contributed by atoms with van der Waals surface area (Å²) in [5.74, 6) is 0.478. The molecule has 0 aliphatic rings. The first-order valence-corrected chi connectivity index (χ1v) is 7.12. The minimum atomic E-state index is -0.189. The molecule has 0 bridgehead atoms. The van der Waals surface area contributed by atoms with E-state index in [1.807, 2.05) is 6.20 Å². The van der Waals surface area contributed by atoms with E-state index in [0.29, 0.717) is 18.9 Å². The van der Waals surface area contributed by atoms with E-state index >= 15 is 0 Å². The highest BCUT2D eigenvalue weighted by Crippen LogP contribution is 2.21. The number of aliphatic hydroxyl groups is 1. The Labute approximate surface area is 113 Å². The standard InChI is InChI=1S/C13H24N2O2S/c1-10(2)12-14-7-11(18-12)8-15-13(3,5-6-16)9-17-4/h7,10,15-16H,5-6,8-9H2,1-4H3. The number of hydrogen-bond acceptors (Lipinski definition) is 5. The number of rotatable bonds is 8. The van der Waals surface area contributed by atoms with Gasteiger partial charge in [-0.2, -0.15) is 0 Å². The molecule has 0 saturated carbocycles. The normalized spacial score (nSPS) is 15.0. The fraction of sp³-hybridized carbons (Fsp3) is 0.769. The molecule has 5 heteroatoms. The quantitative estimate of drug-likeness (QED) is 0.761. The van der Waals surface area contributed by atoms with Crippen molar-refractivity contribution in [2.24, 2.45) is 0 Å². The van der Waals surface area contributed by atoms with Crippen LogP contribution in [0.25, 0.3) is 0 Å². The predicted molar refractivity (Wildman–Crippen MR) is 75.0 cm³/mol. The van der Waals surface area contributed by atoms with Crippen LogP contribution in [0, 0.1) is 0 Å². The van der Waals surface area contributed by atoms with Crippen molar-refractivity contribution in [1.29, 1.82) is 0 Å². The molecule has 4 nitrogen and oxygen atoms in total. The number of nitrogens with one attached hydrogen (secondary N) is 1. The lowest BCUT2D eigenvalue weighted by Gasteiger charge is -2.29. The number of thiazole rings is 1. The van der Waals surface area contributed by atoms with Crippen molar-refractivity contribution >= 4 is 11.3 Å². The molecule has 104 valence electrons. The highest BCUT2D eigenvalue weighted by Gasteiger charge is 2.23. The second kappa shape index (κ2) is 7.19. The first-order chi connectivity index (χ1) is 8.50. The first-order valence-electron chi connectivity index (χ1n) is 6.30. The van der Waals surface area contributed by atoms with E-state index in [1.165, 1.54) is 9.88 Å². The van der Waals surface area contributed by atoms with Crippen molar-refractivity contribution in [2.45, 2.75) is 45.2 Å². The van der Waals surface area contributed by atoms with Gasteiger partial charge in [0.25, 0.3) is 0 Å². The van der Waals surface area contributed by atoms with Gasteiger partial charge < -0.3 is 15.2 Å². The number of hydrogen-bond donors (Lipinski definition) is 2. The number of aliphatic hydroxyl groups excluding tert-OH is 1. The predicted octanol–water partition coefficient (Wildman–Crippen LogP) is 2.14. The largest absolute Gasteiger partial charge is 0.396 e. The molecule has 0 amide bonds. The van der Waals surface area contributed by atoms with E-state index in [-0.39, 0.29) is 12.1 Å². The van der Waals surface area contributed by atoms with Gasteiger partial charge in [0.15, 0.2) is 0 Å². The maximum Gasteiger partial charge on any atom is 0.0953 e. The topological polar surface area (TPSA) is 54.4 Å². The van der Waals surface area contributed by atoms with Gasteiger partial charge in [0.1, 0.15) is 0 Å². The van der Waals surface area contributed by atoms with Crippen molar-refractivity contribution in [2.75, 3.05) is 20.3 Å². The summed E-state index contributed by atoms with van der Waals surface area (Å²) >= 11 is 1.74. The van der Waals surface area contributed by atoms with E-state index in [1.54, 1.807) is 18.4 Å². The van der Waals surface area contributed by atoms with Crippen molar-refractivity contribution in [3.05, 3.63) is 16.1 Å². The van der Waals surface area contributed by atoms with Crippen LogP contribution in [0.2, 0.25) is 0 Å². The van der Waals surface area contributed by atoms with E-state index in [0.717, 1.165) is 6.54 Å². The van der Waals surface area contributed by atoms with Gasteiger partial charge in [-0.25, -0.2) is 4.98 Å². The molecule has 1 atom stereocenters. The third-order valence-electron chi connectivity index (χ3n) is 2.88. The summed E-state index contributed by atoms with van der Waals surface area (Å²) in [6.45, 7) is 7.88. The molecule has 0 aliphatic carbocycles. The second-order valence-electron chi connectivity index (χ2n) is 5.14. The Hall–Kier alpha value is -0.490. The third-order valence-corrected chi connectivity index (χ3v) is 4.18. The average molecular weight is 272 g/mol. The molecule has 0 aromatic carbocycles. The fourth-order valence-corrected chi connectivity index (χ4v) is 2.61.